The predicted octanol–water partition coefficient (Wildman–Crippen LogP) is 5.35. The minimum absolute atomic E-state index is 0.0485. The minimum Gasteiger partial charge on any atom is -0.507 e. The maximum absolute atomic E-state index is 13.3. The molecule has 1 fully saturated rings. The fraction of sp³-hybridized carbons (Fsp3) is 0.321. The SMILES string of the molecule is COc1ccc(/C(O)=C2/C(=O)C(=O)N(CCCn3ccnc3)C2c2ccc(C(C)(C)C)cc2)cc1Cl. The summed E-state index contributed by atoms with van der Waals surface area (Å²) in [5.41, 5.74) is 2.22. The number of amides is 1. The molecule has 188 valence electrons. The summed E-state index contributed by atoms with van der Waals surface area (Å²) in [6.07, 6.45) is 5.88. The van der Waals surface area contributed by atoms with E-state index in [-0.39, 0.29) is 16.7 Å². The number of likely N-dealkylation sites (tertiary alicyclic amines) is 1. The quantitative estimate of drug-likeness (QED) is 0.264. The van der Waals surface area contributed by atoms with Gasteiger partial charge in [-0.1, -0.05) is 56.6 Å². The van der Waals surface area contributed by atoms with E-state index in [1.54, 1.807) is 29.6 Å². The Labute approximate surface area is 216 Å². The van der Waals surface area contributed by atoms with Crippen molar-refractivity contribution in [3.05, 3.63) is 88.5 Å². The number of carbonyl (C=O) groups excluding carboxylic acids is 2. The van der Waals surface area contributed by atoms with E-state index in [9.17, 15) is 14.7 Å². The largest absolute Gasteiger partial charge is 0.507 e. The number of benzene rings is 2. The number of imidazole rings is 1. The van der Waals surface area contributed by atoms with Crippen LogP contribution in [0.5, 0.6) is 5.75 Å². The zero-order valence-electron chi connectivity index (χ0n) is 20.9. The molecule has 0 radical (unpaired) electrons. The maximum Gasteiger partial charge on any atom is 0.295 e. The van der Waals surface area contributed by atoms with E-state index in [0.717, 1.165) is 11.1 Å². The molecular formula is C28H30ClN3O4. The lowest BCUT2D eigenvalue weighted by Crippen LogP contribution is -2.31. The van der Waals surface area contributed by atoms with Gasteiger partial charge in [0.05, 0.1) is 30.1 Å². The van der Waals surface area contributed by atoms with Gasteiger partial charge in [0, 0.05) is 31.0 Å². The molecule has 1 aliphatic rings. The number of Topliss-reactive ketones (excluding diaryl/α,β-unsaturated/α-hetero) is 1. The van der Waals surface area contributed by atoms with Crippen molar-refractivity contribution in [3.8, 4) is 5.75 Å². The van der Waals surface area contributed by atoms with Crippen LogP contribution in [0.25, 0.3) is 5.76 Å². The van der Waals surface area contributed by atoms with E-state index in [1.807, 2.05) is 35.0 Å². The molecule has 36 heavy (non-hydrogen) atoms. The molecule has 0 spiro atoms. The van der Waals surface area contributed by atoms with E-state index >= 15 is 0 Å². The van der Waals surface area contributed by atoms with Crippen molar-refractivity contribution in [3.63, 3.8) is 0 Å². The Morgan fingerprint density at radius 2 is 1.83 bits per heavy atom. The first-order chi connectivity index (χ1) is 17.1. The van der Waals surface area contributed by atoms with Gasteiger partial charge in [-0.25, -0.2) is 4.98 Å². The second kappa shape index (κ2) is 10.2. The topological polar surface area (TPSA) is 84.7 Å². The highest BCUT2D eigenvalue weighted by molar-refractivity contribution is 6.46. The number of halogens is 1. The third-order valence-corrected chi connectivity index (χ3v) is 6.73. The van der Waals surface area contributed by atoms with Gasteiger partial charge in [0.15, 0.2) is 0 Å². The van der Waals surface area contributed by atoms with E-state index in [4.69, 9.17) is 16.3 Å². The number of aromatic nitrogens is 2. The number of ketones is 1. The molecule has 2 heterocycles. The molecule has 0 aliphatic carbocycles. The van der Waals surface area contributed by atoms with E-state index in [1.165, 1.54) is 13.2 Å². The van der Waals surface area contributed by atoms with Crippen LogP contribution in [-0.4, -0.2) is 44.9 Å². The fourth-order valence-electron chi connectivity index (χ4n) is 4.43. The summed E-state index contributed by atoms with van der Waals surface area (Å²) < 4.78 is 7.12. The molecule has 4 rings (SSSR count). The zero-order valence-corrected chi connectivity index (χ0v) is 21.6. The number of hydrogen-bond donors (Lipinski definition) is 1. The van der Waals surface area contributed by atoms with Crippen molar-refractivity contribution in [2.75, 3.05) is 13.7 Å². The molecule has 8 heteroatoms. The van der Waals surface area contributed by atoms with Gasteiger partial charge in [-0.2, -0.15) is 0 Å². The standard InChI is InChI=1S/C28H30ClN3O4/c1-28(2,3)20-9-6-18(7-10-20)24-23(25(33)19-8-11-22(36-4)21(29)16-19)26(34)27(35)32(24)14-5-13-31-15-12-30-17-31/h6-12,15-17,24,33H,5,13-14H2,1-4H3/b25-23-. The average Bonchev–Trinajstić information content (AvgIpc) is 3.45. The fourth-order valence-corrected chi connectivity index (χ4v) is 4.69. The Hall–Kier alpha value is -3.58. The molecule has 2 aromatic carbocycles. The average molecular weight is 508 g/mol. The van der Waals surface area contributed by atoms with Crippen LogP contribution in [-0.2, 0) is 21.5 Å². The van der Waals surface area contributed by atoms with Crippen LogP contribution < -0.4 is 4.74 Å². The number of ether oxygens (including phenoxy) is 1. The molecule has 0 saturated carbocycles. The highest BCUT2D eigenvalue weighted by Gasteiger charge is 2.45. The third kappa shape index (κ3) is 5.02. The Bertz CT molecular complexity index is 1290. The lowest BCUT2D eigenvalue weighted by molar-refractivity contribution is -0.139. The highest BCUT2D eigenvalue weighted by Crippen LogP contribution is 2.41. The smallest absolute Gasteiger partial charge is 0.295 e. The van der Waals surface area contributed by atoms with E-state index in [2.05, 4.69) is 25.8 Å². The van der Waals surface area contributed by atoms with Gasteiger partial charge in [-0.05, 0) is 41.2 Å². The van der Waals surface area contributed by atoms with Crippen LogP contribution in [0.15, 0.2) is 66.8 Å². The number of aliphatic hydroxyl groups excluding tert-OH is 1. The van der Waals surface area contributed by atoms with Crippen LogP contribution in [0.3, 0.4) is 0 Å². The van der Waals surface area contributed by atoms with Crippen LogP contribution in [0.1, 0.15) is 49.9 Å². The van der Waals surface area contributed by atoms with Gasteiger partial charge in [0.25, 0.3) is 11.7 Å². The van der Waals surface area contributed by atoms with Crippen molar-refractivity contribution in [2.24, 2.45) is 0 Å². The molecule has 7 nitrogen and oxygen atoms in total. The summed E-state index contributed by atoms with van der Waals surface area (Å²) in [7, 11) is 1.50. The van der Waals surface area contributed by atoms with E-state index < -0.39 is 17.7 Å². The van der Waals surface area contributed by atoms with Crippen molar-refractivity contribution in [2.45, 2.75) is 45.2 Å². The van der Waals surface area contributed by atoms with Gasteiger partial charge >= 0.3 is 0 Å². The van der Waals surface area contributed by atoms with Gasteiger partial charge in [0.2, 0.25) is 0 Å². The molecule has 1 unspecified atom stereocenters. The zero-order chi connectivity index (χ0) is 26.0. The number of nitrogens with zero attached hydrogens (tertiary/aromatic N) is 3. The summed E-state index contributed by atoms with van der Waals surface area (Å²) in [4.78, 5) is 32.0. The number of aliphatic hydroxyl groups is 1. The van der Waals surface area contributed by atoms with Gasteiger partial charge in [-0.15, -0.1) is 0 Å². The van der Waals surface area contributed by atoms with Crippen molar-refractivity contribution < 1.29 is 19.4 Å². The molecule has 1 saturated heterocycles. The molecule has 1 aromatic heterocycles. The van der Waals surface area contributed by atoms with Crippen molar-refractivity contribution >= 4 is 29.1 Å². The van der Waals surface area contributed by atoms with Crippen molar-refractivity contribution in [1.29, 1.82) is 0 Å². The lowest BCUT2D eigenvalue weighted by atomic mass is 9.85. The number of hydrogen-bond acceptors (Lipinski definition) is 5. The number of carbonyl (C=O) groups is 2. The Balaban J connectivity index is 1.76. The summed E-state index contributed by atoms with van der Waals surface area (Å²) in [6.45, 7) is 7.36. The summed E-state index contributed by atoms with van der Waals surface area (Å²) >= 11 is 6.28. The Morgan fingerprint density at radius 3 is 2.42 bits per heavy atom. The minimum atomic E-state index is -0.720. The van der Waals surface area contributed by atoms with Gasteiger partial charge in [-0.3, -0.25) is 9.59 Å². The summed E-state index contributed by atoms with van der Waals surface area (Å²) in [5.74, 6) is -1.17. The molecular weight excluding hydrogens is 478 g/mol. The summed E-state index contributed by atoms with van der Waals surface area (Å²) in [5, 5.41) is 11.6. The first kappa shape index (κ1) is 25.5. The van der Waals surface area contributed by atoms with E-state index in [0.29, 0.717) is 35.8 Å². The first-order valence-electron chi connectivity index (χ1n) is 11.8. The highest BCUT2D eigenvalue weighted by atomic mass is 35.5. The van der Waals surface area contributed by atoms with Gasteiger partial charge < -0.3 is 19.3 Å². The third-order valence-electron chi connectivity index (χ3n) is 6.43. The second-order valence-electron chi connectivity index (χ2n) is 9.87. The van der Waals surface area contributed by atoms with Gasteiger partial charge in [0.1, 0.15) is 11.5 Å². The predicted molar refractivity (Wildman–Crippen MR) is 139 cm³/mol. The molecule has 1 aliphatic heterocycles. The van der Waals surface area contributed by atoms with Crippen LogP contribution in [0, 0.1) is 0 Å². The number of aryl methyl sites for hydroxylation is 1. The van der Waals surface area contributed by atoms with Crippen LogP contribution >= 0.6 is 11.6 Å². The molecule has 1 atom stereocenters. The van der Waals surface area contributed by atoms with Crippen LogP contribution in [0.2, 0.25) is 5.02 Å². The Morgan fingerprint density at radius 1 is 1.11 bits per heavy atom. The second-order valence-corrected chi connectivity index (χ2v) is 10.3. The molecule has 1 N–H and O–H groups in total. The molecule has 1 amide bonds. The summed E-state index contributed by atoms with van der Waals surface area (Å²) in [6, 6.07) is 11.9. The monoisotopic (exact) mass is 507 g/mol. The first-order valence-corrected chi connectivity index (χ1v) is 12.2. The van der Waals surface area contributed by atoms with Crippen molar-refractivity contribution in [1.82, 2.24) is 14.5 Å². The number of rotatable bonds is 7. The van der Waals surface area contributed by atoms with Crippen LogP contribution in [0.4, 0.5) is 0 Å². The molecule has 3 aromatic rings. The Kier molecular flexibility index (Phi) is 7.22. The lowest BCUT2D eigenvalue weighted by Gasteiger charge is -2.26. The normalized spacial score (nSPS) is 17.6. The number of methoxy groups -OCH3 is 1. The maximum atomic E-state index is 13.3. The molecule has 0 bridgehead atoms.